The Morgan fingerprint density at radius 2 is 1.68 bits per heavy atom. The van der Waals surface area contributed by atoms with Crippen LogP contribution in [0, 0.1) is 0 Å². The summed E-state index contributed by atoms with van der Waals surface area (Å²) in [5.74, 6) is -0.285. The average Bonchev–Trinajstić information content (AvgIpc) is 3.25. The average molecular weight is 395 g/mol. The summed E-state index contributed by atoms with van der Waals surface area (Å²) in [7, 11) is 0. The minimum atomic E-state index is -0.523. The molecular formula is C20H34N4O4. The highest BCUT2D eigenvalue weighted by Crippen LogP contribution is 2.30. The third-order valence-corrected chi connectivity index (χ3v) is 5.55. The molecule has 3 fully saturated rings. The molecule has 1 saturated carbocycles. The van der Waals surface area contributed by atoms with Crippen molar-refractivity contribution in [2.75, 3.05) is 19.6 Å². The summed E-state index contributed by atoms with van der Waals surface area (Å²) in [6.07, 6.45) is 6.63. The van der Waals surface area contributed by atoms with Crippen molar-refractivity contribution in [1.29, 1.82) is 0 Å². The molecule has 1 aliphatic carbocycles. The molecule has 2 unspecified atom stereocenters. The van der Waals surface area contributed by atoms with Crippen LogP contribution in [0.25, 0.3) is 0 Å². The molecule has 3 aliphatic rings. The van der Waals surface area contributed by atoms with Gasteiger partial charge in [0.2, 0.25) is 5.91 Å². The first kappa shape index (κ1) is 20.9. The molecule has 0 aromatic carbocycles. The maximum absolute atomic E-state index is 12.6. The van der Waals surface area contributed by atoms with Crippen LogP contribution in [0.1, 0.15) is 65.7 Å². The van der Waals surface area contributed by atoms with E-state index >= 15 is 0 Å². The first-order valence-electron chi connectivity index (χ1n) is 10.6. The van der Waals surface area contributed by atoms with Gasteiger partial charge in [0.15, 0.2) is 0 Å². The molecule has 158 valence electrons. The second-order valence-corrected chi connectivity index (χ2v) is 9.21. The standard InChI is InChI=1S/C20H34N4O4/c1-20(2,3)28-19(27)24-12-6-8-16(24)15-7-4-5-11-23(15)13-17(25)22-18(26)21-14-9-10-14/h14-16H,4-13H2,1-3H3,(H2,21,22,25,26). The summed E-state index contributed by atoms with van der Waals surface area (Å²) >= 11 is 0. The fraction of sp³-hybridized carbons (Fsp3) is 0.850. The van der Waals surface area contributed by atoms with Crippen molar-refractivity contribution in [3.8, 4) is 0 Å². The number of nitrogens with zero attached hydrogens (tertiary/aromatic N) is 2. The van der Waals surface area contributed by atoms with Gasteiger partial charge in [-0.3, -0.25) is 15.0 Å². The van der Waals surface area contributed by atoms with Crippen molar-refractivity contribution in [2.45, 2.75) is 89.4 Å². The van der Waals surface area contributed by atoms with Gasteiger partial charge in [0.1, 0.15) is 5.60 Å². The Kier molecular flexibility index (Phi) is 6.47. The van der Waals surface area contributed by atoms with Crippen LogP contribution in [0.5, 0.6) is 0 Å². The van der Waals surface area contributed by atoms with Crippen LogP contribution in [-0.4, -0.2) is 71.2 Å². The van der Waals surface area contributed by atoms with Gasteiger partial charge in [0.25, 0.3) is 0 Å². The number of urea groups is 1. The van der Waals surface area contributed by atoms with Crippen molar-refractivity contribution in [3.63, 3.8) is 0 Å². The zero-order valence-corrected chi connectivity index (χ0v) is 17.3. The van der Waals surface area contributed by atoms with Crippen molar-refractivity contribution < 1.29 is 19.1 Å². The number of hydrogen-bond donors (Lipinski definition) is 2. The Labute approximate surface area is 167 Å². The minimum Gasteiger partial charge on any atom is -0.444 e. The highest BCUT2D eigenvalue weighted by atomic mass is 16.6. The van der Waals surface area contributed by atoms with Gasteiger partial charge in [-0.05, 0) is 65.8 Å². The molecule has 3 rings (SSSR count). The van der Waals surface area contributed by atoms with E-state index in [0.29, 0.717) is 6.54 Å². The highest BCUT2D eigenvalue weighted by Gasteiger charge is 2.40. The number of piperidine rings is 1. The molecule has 2 heterocycles. The third-order valence-electron chi connectivity index (χ3n) is 5.55. The number of rotatable bonds is 4. The number of carbonyl (C=O) groups is 3. The molecule has 4 amide bonds. The van der Waals surface area contributed by atoms with Crippen LogP contribution in [0.4, 0.5) is 9.59 Å². The number of amides is 4. The molecule has 28 heavy (non-hydrogen) atoms. The number of likely N-dealkylation sites (tertiary alicyclic amines) is 2. The van der Waals surface area contributed by atoms with Crippen molar-refractivity contribution in [1.82, 2.24) is 20.4 Å². The third kappa shape index (κ3) is 5.83. The summed E-state index contributed by atoms with van der Waals surface area (Å²) in [6, 6.07) is -0.00188. The summed E-state index contributed by atoms with van der Waals surface area (Å²) in [5, 5.41) is 5.21. The Hall–Kier alpha value is -1.83. The van der Waals surface area contributed by atoms with Crippen molar-refractivity contribution in [3.05, 3.63) is 0 Å². The van der Waals surface area contributed by atoms with Gasteiger partial charge in [0.05, 0.1) is 12.6 Å². The number of carbonyl (C=O) groups excluding carboxylic acids is 3. The van der Waals surface area contributed by atoms with Crippen LogP contribution in [0.15, 0.2) is 0 Å². The van der Waals surface area contributed by atoms with Crippen LogP contribution in [-0.2, 0) is 9.53 Å². The fourth-order valence-corrected chi connectivity index (χ4v) is 4.19. The quantitative estimate of drug-likeness (QED) is 0.763. The summed E-state index contributed by atoms with van der Waals surface area (Å²) in [4.78, 5) is 40.8. The lowest BCUT2D eigenvalue weighted by Gasteiger charge is -2.42. The molecule has 8 nitrogen and oxygen atoms in total. The summed E-state index contributed by atoms with van der Waals surface area (Å²) < 4.78 is 5.59. The van der Waals surface area contributed by atoms with E-state index in [-0.39, 0.29) is 36.7 Å². The molecule has 0 spiro atoms. The smallest absolute Gasteiger partial charge is 0.410 e. The molecule has 2 saturated heterocycles. The van der Waals surface area contributed by atoms with Gasteiger partial charge >= 0.3 is 12.1 Å². The summed E-state index contributed by atoms with van der Waals surface area (Å²) in [6.45, 7) is 7.31. The predicted octanol–water partition coefficient (Wildman–Crippen LogP) is 2.23. The zero-order chi connectivity index (χ0) is 20.3. The molecule has 2 aliphatic heterocycles. The number of nitrogens with one attached hydrogen (secondary N) is 2. The second-order valence-electron chi connectivity index (χ2n) is 9.21. The van der Waals surface area contributed by atoms with Gasteiger partial charge < -0.3 is 15.0 Å². The van der Waals surface area contributed by atoms with E-state index < -0.39 is 11.6 Å². The zero-order valence-electron chi connectivity index (χ0n) is 17.3. The van der Waals surface area contributed by atoms with Crippen LogP contribution < -0.4 is 10.6 Å². The van der Waals surface area contributed by atoms with Crippen molar-refractivity contribution >= 4 is 18.0 Å². The second kappa shape index (κ2) is 8.68. The lowest BCUT2D eigenvalue weighted by atomic mass is 9.94. The topological polar surface area (TPSA) is 91.0 Å². The SMILES string of the molecule is CC(C)(C)OC(=O)N1CCCC1C1CCCCN1CC(=O)NC(=O)NC1CC1. The molecule has 8 heteroatoms. The van der Waals surface area contributed by atoms with E-state index in [1.165, 1.54) is 0 Å². The molecular weight excluding hydrogens is 360 g/mol. The lowest BCUT2D eigenvalue weighted by Crippen LogP contribution is -2.56. The highest BCUT2D eigenvalue weighted by molar-refractivity contribution is 5.95. The molecule has 0 radical (unpaired) electrons. The van der Waals surface area contributed by atoms with Crippen LogP contribution >= 0.6 is 0 Å². The van der Waals surface area contributed by atoms with Gasteiger partial charge in [0, 0.05) is 18.6 Å². The van der Waals surface area contributed by atoms with E-state index in [1.54, 1.807) is 0 Å². The molecule has 0 aromatic rings. The molecule has 2 atom stereocenters. The molecule has 2 N–H and O–H groups in total. The molecule has 0 aromatic heterocycles. The first-order valence-corrected chi connectivity index (χ1v) is 10.6. The Balaban J connectivity index is 1.59. The number of ether oxygens (including phenoxy) is 1. The van der Waals surface area contributed by atoms with E-state index in [0.717, 1.165) is 51.5 Å². The monoisotopic (exact) mass is 394 g/mol. The van der Waals surface area contributed by atoms with Crippen molar-refractivity contribution in [2.24, 2.45) is 0 Å². The first-order chi connectivity index (χ1) is 13.2. The fourth-order valence-electron chi connectivity index (χ4n) is 4.19. The number of imide groups is 1. The predicted molar refractivity (Wildman–Crippen MR) is 105 cm³/mol. The van der Waals surface area contributed by atoms with E-state index in [9.17, 15) is 14.4 Å². The maximum atomic E-state index is 12.6. The van der Waals surface area contributed by atoms with E-state index in [2.05, 4.69) is 15.5 Å². The Morgan fingerprint density at radius 3 is 2.36 bits per heavy atom. The Morgan fingerprint density at radius 1 is 0.964 bits per heavy atom. The van der Waals surface area contributed by atoms with Gasteiger partial charge in [-0.25, -0.2) is 9.59 Å². The normalized spacial score (nSPS) is 26.0. The maximum Gasteiger partial charge on any atom is 0.410 e. The number of hydrogen-bond acceptors (Lipinski definition) is 5. The molecule has 0 bridgehead atoms. The van der Waals surface area contributed by atoms with E-state index in [4.69, 9.17) is 4.74 Å². The van der Waals surface area contributed by atoms with Gasteiger partial charge in [-0.1, -0.05) is 6.42 Å². The largest absolute Gasteiger partial charge is 0.444 e. The van der Waals surface area contributed by atoms with Gasteiger partial charge in [-0.2, -0.15) is 0 Å². The summed E-state index contributed by atoms with van der Waals surface area (Å²) in [5.41, 5.74) is -0.523. The lowest BCUT2D eigenvalue weighted by molar-refractivity contribution is -0.122. The van der Waals surface area contributed by atoms with Crippen LogP contribution in [0.3, 0.4) is 0 Å². The van der Waals surface area contributed by atoms with Gasteiger partial charge in [-0.15, -0.1) is 0 Å². The minimum absolute atomic E-state index is 0.0586. The van der Waals surface area contributed by atoms with Crippen LogP contribution in [0.2, 0.25) is 0 Å². The van der Waals surface area contributed by atoms with E-state index in [1.807, 2.05) is 25.7 Å². The Bertz CT molecular complexity index is 600.